The van der Waals surface area contributed by atoms with Gasteiger partial charge in [0, 0.05) is 18.6 Å². The molecule has 2 aliphatic rings. The van der Waals surface area contributed by atoms with Crippen molar-refractivity contribution < 1.29 is 9.90 Å². The lowest BCUT2D eigenvalue weighted by molar-refractivity contribution is -0.128. The Morgan fingerprint density at radius 2 is 1.86 bits per heavy atom. The number of nitrogens with one attached hydrogen (secondary N) is 1. The van der Waals surface area contributed by atoms with Crippen molar-refractivity contribution in [2.45, 2.75) is 57.1 Å². The second-order valence-electron chi connectivity index (χ2n) is 8.72. The van der Waals surface area contributed by atoms with Crippen molar-refractivity contribution in [3.63, 3.8) is 0 Å². The summed E-state index contributed by atoms with van der Waals surface area (Å²) >= 11 is 0. The van der Waals surface area contributed by atoms with Crippen LogP contribution in [0.5, 0.6) is 0 Å². The molecule has 1 aromatic carbocycles. The predicted molar refractivity (Wildman–Crippen MR) is 123 cm³/mol. The van der Waals surface area contributed by atoms with Crippen LogP contribution in [0.1, 0.15) is 57.1 Å². The number of hydrogen-bond donors (Lipinski definition) is 3. The van der Waals surface area contributed by atoms with E-state index in [1.807, 2.05) is 37.3 Å². The van der Waals surface area contributed by atoms with E-state index in [1.54, 1.807) is 0 Å². The maximum atomic E-state index is 12.6. The first-order valence-corrected chi connectivity index (χ1v) is 10.5. The zero-order valence-corrected chi connectivity index (χ0v) is 19.0. The normalized spacial score (nSPS) is 26.7. The van der Waals surface area contributed by atoms with E-state index in [0.717, 1.165) is 63.7 Å². The quantitative estimate of drug-likeness (QED) is 0.627. The van der Waals surface area contributed by atoms with Gasteiger partial charge in [0.25, 0.3) is 0 Å². The van der Waals surface area contributed by atoms with Crippen LogP contribution in [-0.4, -0.2) is 47.6 Å². The predicted octanol–water partition coefficient (Wildman–Crippen LogP) is 3.30. The van der Waals surface area contributed by atoms with E-state index < -0.39 is 6.10 Å². The fourth-order valence-electron chi connectivity index (χ4n) is 4.56. The van der Waals surface area contributed by atoms with E-state index >= 15 is 0 Å². The molecule has 3 atom stereocenters. The van der Waals surface area contributed by atoms with Crippen LogP contribution in [0.2, 0.25) is 0 Å². The fraction of sp³-hybridized carbons (Fsp3) is 0.682. The van der Waals surface area contributed by atoms with Crippen molar-refractivity contribution in [1.29, 1.82) is 0 Å². The molecule has 1 aliphatic carbocycles. The summed E-state index contributed by atoms with van der Waals surface area (Å²) in [6, 6.07) is 9.85. The van der Waals surface area contributed by atoms with Crippen LogP contribution in [-0.2, 0) is 4.79 Å². The van der Waals surface area contributed by atoms with Crippen LogP contribution in [0, 0.1) is 11.8 Å². The monoisotopic (exact) mass is 445 g/mol. The van der Waals surface area contributed by atoms with Gasteiger partial charge >= 0.3 is 0 Å². The summed E-state index contributed by atoms with van der Waals surface area (Å²) in [5.41, 5.74) is 6.97. The Bertz CT molecular complexity index is 607. The summed E-state index contributed by atoms with van der Waals surface area (Å²) in [7, 11) is 0. The van der Waals surface area contributed by atoms with Gasteiger partial charge in [-0.25, -0.2) is 0 Å². The third-order valence-electron chi connectivity index (χ3n) is 6.46. The van der Waals surface area contributed by atoms with E-state index in [-0.39, 0.29) is 42.2 Å². The molecule has 166 valence electrons. The Morgan fingerprint density at radius 3 is 2.48 bits per heavy atom. The number of carbonyl (C=O) groups excluding carboxylic acids is 1. The minimum Gasteiger partial charge on any atom is -0.387 e. The molecule has 3 unspecified atom stereocenters. The lowest BCUT2D eigenvalue weighted by atomic mass is 9.74. The number of benzene rings is 1. The molecule has 1 aromatic rings. The Balaban J connectivity index is 0.00000210. The van der Waals surface area contributed by atoms with E-state index in [9.17, 15) is 9.90 Å². The number of nitrogens with two attached hydrogens (primary N) is 1. The minimum absolute atomic E-state index is 0. The number of amides is 1. The topological polar surface area (TPSA) is 78.6 Å². The van der Waals surface area contributed by atoms with Crippen LogP contribution in [0.3, 0.4) is 0 Å². The molecule has 4 N–H and O–H groups in total. The number of aliphatic hydroxyl groups excluding tert-OH is 1. The second kappa shape index (κ2) is 12.1. The van der Waals surface area contributed by atoms with Crippen molar-refractivity contribution in [3.8, 4) is 0 Å². The molecular formula is C22H37Cl2N3O2. The molecule has 5 nitrogen and oxygen atoms in total. The summed E-state index contributed by atoms with van der Waals surface area (Å²) in [4.78, 5) is 14.9. The molecule has 1 amide bonds. The highest BCUT2D eigenvalue weighted by Gasteiger charge is 2.37. The van der Waals surface area contributed by atoms with Crippen molar-refractivity contribution in [3.05, 3.63) is 35.9 Å². The van der Waals surface area contributed by atoms with Gasteiger partial charge in [-0.3, -0.25) is 4.79 Å². The number of β-amino-alcohol motifs (C(OH)–C–C–N with tert-alkyl or cyclic N) is 1. The van der Waals surface area contributed by atoms with Gasteiger partial charge in [0.15, 0.2) is 0 Å². The van der Waals surface area contributed by atoms with Crippen molar-refractivity contribution in [1.82, 2.24) is 10.2 Å². The Labute approximate surface area is 187 Å². The number of carbonyl (C=O) groups is 1. The first-order valence-electron chi connectivity index (χ1n) is 10.5. The maximum Gasteiger partial charge on any atom is 0.224 e. The molecule has 3 rings (SSSR count). The molecule has 0 spiro atoms. The van der Waals surface area contributed by atoms with Gasteiger partial charge in [0.2, 0.25) is 5.91 Å². The average Bonchev–Trinajstić information content (AvgIpc) is 2.67. The molecule has 1 saturated heterocycles. The van der Waals surface area contributed by atoms with E-state index in [0.29, 0.717) is 12.5 Å². The first-order chi connectivity index (χ1) is 13.0. The van der Waals surface area contributed by atoms with Crippen LogP contribution in [0.4, 0.5) is 0 Å². The van der Waals surface area contributed by atoms with E-state index in [4.69, 9.17) is 5.73 Å². The highest BCUT2D eigenvalue weighted by molar-refractivity contribution is 5.85. The zero-order valence-electron chi connectivity index (χ0n) is 17.4. The third-order valence-corrected chi connectivity index (χ3v) is 6.46. The molecule has 7 heteroatoms. The van der Waals surface area contributed by atoms with Crippen LogP contribution in [0.15, 0.2) is 30.3 Å². The summed E-state index contributed by atoms with van der Waals surface area (Å²) in [6.07, 6.45) is 5.77. The number of halogens is 2. The minimum atomic E-state index is -0.434. The number of hydrogen-bond acceptors (Lipinski definition) is 4. The molecule has 0 radical (unpaired) electrons. The molecule has 1 heterocycles. The third kappa shape index (κ3) is 7.41. The highest BCUT2D eigenvalue weighted by atomic mass is 35.5. The van der Waals surface area contributed by atoms with Gasteiger partial charge < -0.3 is 21.1 Å². The van der Waals surface area contributed by atoms with Crippen LogP contribution < -0.4 is 11.1 Å². The van der Waals surface area contributed by atoms with Gasteiger partial charge in [0.05, 0.1) is 12.0 Å². The van der Waals surface area contributed by atoms with Gasteiger partial charge in [-0.05, 0) is 57.2 Å². The van der Waals surface area contributed by atoms with Crippen LogP contribution in [0.25, 0.3) is 0 Å². The molecule has 1 saturated carbocycles. The Hall–Kier alpha value is -0.850. The average molecular weight is 446 g/mol. The van der Waals surface area contributed by atoms with Gasteiger partial charge in [-0.15, -0.1) is 24.8 Å². The highest BCUT2D eigenvalue weighted by Crippen LogP contribution is 2.31. The number of aliphatic hydroxyl groups is 1. The lowest BCUT2D eigenvalue weighted by Crippen LogP contribution is -2.53. The summed E-state index contributed by atoms with van der Waals surface area (Å²) in [5, 5.41) is 13.6. The van der Waals surface area contributed by atoms with E-state index in [1.165, 1.54) is 0 Å². The molecular weight excluding hydrogens is 409 g/mol. The molecule has 0 bridgehead atoms. The number of piperidine rings is 1. The molecule has 1 aliphatic heterocycles. The largest absolute Gasteiger partial charge is 0.387 e. The SMILES string of the molecule is CC1(N)CCCCC1C(=O)NCC1CCN(CC(O)c2ccccc2)CC1.Cl.Cl. The standard InChI is InChI=1S/C22H35N3O2.2ClH/c1-22(23)12-6-5-9-19(22)21(27)24-15-17-10-13-25(14-11-17)16-20(26)18-7-3-2-4-8-18;;/h2-4,7-8,17,19-20,26H,5-6,9-16,23H2,1H3,(H,24,27);2*1H. The van der Waals surface area contributed by atoms with Crippen molar-refractivity contribution >= 4 is 30.7 Å². The Kier molecular flexibility index (Phi) is 10.9. The zero-order chi connectivity index (χ0) is 19.3. The molecule has 2 fully saturated rings. The van der Waals surface area contributed by atoms with Gasteiger partial charge in [-0.2, -0.15) is 0 Å². The smallest absolute Gasteiger partial charge is 0.224 e. The fourth-order valence-corrected chi connectivity index (χ4v) is 4.56. The summed E-state index contributed by atoms with van der Waals surface area (Å²) in [5.74, 6) is 0.612. The summed E-state index contributed by atoms with van der Waals surface area (Å²) < 4.78 is 0. The number of likely N-dealkylation sites (tertiary alicyclic amines) is 1. The van der Waals surface area contributed by atoms with Crippen LogP contribution >= 0.6 is 24.8 Å². The Morgan fingerprint density at radius 1 is 1.21 bits per heavy atom. The van der Waals surface area contributed by atoms with Gasteiger partial charge in [-0.1, -0.05) is 43.2 Å². The molecule has 29 heavy (non-hydrogen) atoms. The van der Waals surface area contributed by atoms with E-state index in [2.05, 4.69) is 10.2 Å². The summed E-state index contributed by atoms with van der Waals surface area (Å²) in [6.45, 7) is 5.40. The van der Waals surface area contributed by atoms with Crippen molar-refractivity contribution in [2.24, 2.45) is 17.6 Å². The maximum absolute atomic E-state index is 12.6. The molecule has 0 aromatic heterocycles. The first kappa shape index (κ1) is 26.2. The van der Waals surface area contributed by atoms with Crippen molar-refractivity contribution in [2.75, 3.05) is 26.2 Å². The van der Waals surface area contributed by atoms with Gasteiger partial charge in [0.1, 0.15) is 0 Å². The number of nitrogens with zero attached hydrogens (tertiary/aromatic N) is 1. The second-order valence-corrected chi connectivity index (χ2v) is 8.72. The lowest BCUT2D eigenvalue weighted by Gasteiger charge is -2.38. The number of rotatable bonds is 6.